The third-order valence-corrected chi connectivity index (χ3v) is 7.45. The van der Waals surface area contributed by atoms with Gasteiger partial charge in [0.15, 0.2) is 0 Å². The van der Waals surface area contributed by atoms with E-state index >= 15 is 0 Å². The molecule has 5 nitrogen and oxygen atoms in total. The Morgan fingerprint density at radius 2 is 1.86 bits per heavy atom. The van der Waals surface area contributed by atoms with Crippen LogP contribution < -0.4 is 0 Å². The topological polar surface area (TPSA) is 60.9 Å². The lowest BCUT2D eigenvalue weighted by Gasteiger charge is -2.41. The minimum atomic E-state index is -0.811. The molecular weight excluding hydrogens is 364 g/mol. The molecule has 2 saturated heterocycles. The molecule has 0 radical (unpaired) electrons. The molecule has 2 heterocycles. The first-order valence-electron chi connectivity index (χ1n) is 11.3. The third kappa shape index (κ3) is 3.70. The molecule has 1 N–H and O–H groups in total. The summed E-state index contributed by atoms with van der Waals surface area (Å²) in [5.41, 5.74) is 0.220. The highest BCUT2D eigenvalue weighted by Gasteiger charge is 2.58. The number of rotatable bonds is 4. The smallest absolute Gasteiger partial charge is 0.248 e. The molecule has 1 saturated carbocycles. The third-order valence-electron chi connectivity index (χ3n) is 7.45. The number of carbonyl (C=O) groups is 2. The molecule has 1 aliphatic carbocycles. The zero-order valence-corrected chi connectivity index (χ0v) is 17.6. The number of aliphatic hydroxyl groups excluding tert-OH is 1. The molecule has 2 aliphatic heterocycles. The lowest BCUT2D eigenvalue weighted by molar-refractivity contribution is -0.153. The van der Waals surface area contributed by atoms with E-state index in [0.717, 1.165) is 37.8 Å². The molecule has 0 aromatic heterocycles. The van der Waals surface area contributed by atoms with Gasteiger partial charge in [0.2, 0.25) is 11.8 Å². The molecule has 0 bridgehead atoms. The fourth-order valence-corrected chi connectivity index (χ4v) is 6.05. The van der Waals surface area contributed by atoms with Crippen molar-refractivity contribution < 1.29 is 14.7 Å². The highest BCUT2D eigenvalue weighted by Crippen LogP contribution is 2.51. The fourth-order valence-electron chi connectivity index (χ4n) is 6.05. The predicted molar refractivity (Wildman–Crippen MR) is 112 cm³/mol. The van der Waals surface area contributed by atoms with Gasteiger partial charge < -0.3 is 14.9 Å². The van der Waals surface area contributed by atoms with E-state index in [-0.39, 0.29) is 30.4 Å². The van der Waals surface area contributed by atoms with Crippen LogP contribution >= 0.6 is 0 Å². The van der Waals surface area contributed by atoms with Gasteiger partial charge in [0, 0.05) is 32.5 Å². The van der Waals surface area contributed by atoms with Crippen molar-refractivity contribution in [3.8, 4) is 0 Å². The highest BCUT2D eigenvalue weighted by atomic mass is 16.3. The number of nitrogens with zero attached hydrogens (tertiary/aromatic N) is 2. The van der Waals surface area contributed by atoms with Crippen molar-refractivity contribution in [3.63, 3.8) is 0 Å². The molecule has 1 aromatic rings. The van der Waals surface area contributed by atoms with E-state index in [0.29, 0.717) is 25.2 Å². The van der Waals surface area contributed by atoms with Crippen molar-refractivity contribution in [1.82, 2.24) is 9.80 Å². The Morgan fingerprint density at radius 3 is 2.55 bits per heavy atom. The Kier molecular flexibility index (Phi) is 5.95. The van der Waals surface area contributed by atoms with Crippen LogP contribution in [0.2, 0.25) is 0 Å². The second-order valence-corrected chi connectivity index (χ2v) is 9.34. The van der Waals surface area contributed by atoms with Crippen molar-refractivity contribution in [3.05, 3.63) is 35.9 Å². The minimum Gasteiger partial charge on any atom is -0.396 e. The van der Waals surface area contributed by atoms with E-state index in [4.69, 9.17) is 0 Å². The van der Waals surface area contributed by atoms with E-state index in [1.807, 2.05) is 47.2 Å². The molecule has 1 aromatic carbocycles. The first kappa shape index (κ1) is 20.4. The molecule has 29 heavy (non-hydrogen) atoms. The summed E-state index contributed by atoms with van der Waals surface area (Å²) >= 11 is 0. The molecule has 1 spiro atoms. The molecule has 3 fully saturated rings. The van der Waals surface area contributed by atoms with Gasteiger partial charge in [-0.15, -0.1) is 0 Å². The monoisotopic (exact) mass is 398 g/mol. The van der Waals surface area contributed by atoms with Gasteiger partial charge in [0.05, 0.1) is 6.04 Å². The average Bonchev–Trinajstić information content (AvgIpc) is 3.33. The summed E-state index contributed by atoms with van der Waals surface area (Å²) in [6, 6.07) is 9.77. The van der Waals surface area contributed by atoms with Crippen LogP contribution in [-0.4, -0.2) is 52.5 Å². The van der Waals surface area contributed by atoms with Crippen LogP contribution in [0.15, 0.2) is 30.3 Å². The van der Waals surface area contributed by atoms with Crippen molar-refractivity contribution in [2.24, 2.45) is 11.8 Å². The zero-order chi connectivity index (χ0) is 20.4. The van der Waals surface area contributed by atoms with Gasteiger partial charge in [0.1, 0.15) is 5.54 Å². The second kappa shape index (κ2) is 8.47. The van der Waals surface area contributed by atoms with Crippen LogP contribution in [0.5, 0.6) is 0 Å². The normalized spacial score (nSPS) is 30.9. The maximum absolute atomic E-state index is 13.8. The molecule has 3 atom stereocenters. The Morgan fingerprint density at radius 1 is 1.14 bits per heavy atom. The number of hydrogen-bond acceptors (Lipinski definition) is 3. The number of hydrogen-bond donors (Lipinski definition) is 1. The van der Waals surface area contributed by atoms with Crippen molar-refractivity contribution in [2.75, 3.05) is 20.2 Å². The molecular formula is C24H34N2O3. The summed E-state index contributed by atoms with van der Waals surface area (Å²) in [7, 11) is 1.86. The van der Waals surface area contributed by atoms with Crippen LogP contribution in [0.4, 0.5) is 0 Å². The molecule has 158 valence electrons. The minimum absolute atomic E-state index is 0.00842. The first-order chi connectivity index (χ1) is 14.1. The number of likely N-dealkylation sites (N-methyl/N-ethyl adjacent to an activating group) is 1. The SMILES string of the molecule is CN1CCCC[C@]2(C[C@H](CO)[C@H](c3ccccc3)N2C(=O)CC2CCCC2)C1=O. The van der Waals surface area contributed by atoms with E-state index in [2.05, 4.69) is 0 Å². The lowest BCUT2D eigenvalue weighted by atomic mass is 9.85. The largest absolute Gasteiger partial charge is 0.396 e. The Hall–Kier alpha value is -1.88. The average molecular weight is 399 g/mol. The van der Waals surface area contributed by atoms with Gasteiger partial charge in [-0.05, 0) is 50.0 Å². The summed E-state index contributed by atoms with van der Waals surface area (Å²) in [4.78, 5) is 31.1. The Labute approximate surface area is 174 Å². The summed E-state index contributed by atoms with van der Waals surface area (Å²) < 4.78 is 0. The Bertz CT molecular complexity index is 731. The Balaban J connectivity index is 1.76. The molecule has 0 unspecified atom stereocenters. The number of benzene rings is 1. The van der Waals surface area contributed by atoms with Crippen LogP contribution in [-0.2, 0) is 9.59 Å². The van der Waals surface area contributed by atoms with Crippen molar-refractivity contribution >= 4 is 11.8 Å². The molecule has 4 rings (SSSR count). The van der Waals surface area contributed by atoms with Crippen LogP contribution in [0.25, 0.3) is 0 Å². The first-order valence-corrected chi connectivity index (χ1v) is 11.3. The summed E-state index contributed by atoms with van der Waals surface area (Å²) in [6.45, 7) is 0.733. The molecule has 2 amide bonds. The van der Waals surface area contributed by atoms with Gasteiger partial charge in [0.25, 0.3) is 0 Å². The van der Waals surface area contributed by atoms with Crippen LogP contribution in [0, 0.1) is 11.8 Å². The van der Waals surface area contributed by atoms with Gasteiger partial charge >= 0.3 is 0 Å². The van der Waals surface area contributed by atoms with Gasteiger partial charge in [-0.1, -0.05) is 43.2 Å². The van der Waals surface area contributed by atoms with Crippen LogP contribution in [0.1, 0.15) is 69.4 Å². The number of likely N-dealkylation sites (tertiary alicyclic amines) is 2. The standard InChI is InChI=1S/C24H34N2O3/c1-25-14-8-7-13-24(23(25)29)16-20(17-27)22(19-11-3-2-4-12-19)26(24)21(28)15-18-9-5-6-10-18/h2-4,11-12,18,20,22,27H,5-10,13-17H2,1H3/t20-,22+,24+/m1/s1. The van der Waals surface area contributed by atoms with Crippen molar-refractivity contribution in [1.29, 1.82) is 0 Å². The predicted octanol–water partition coefficient (Wildman–Crippen LogP) is 3.53. The van der Waals surface area contributed by atoms with E-state index in [1.54, 1.807) is 0 Å². The van der Waals surface area contributed by atoms with Crippen molar-refractivity contribution in [2.45, 2.75) is 69.4 Å². The molecule has 5 heteroatoms. The van der Waals surface area contributed by atoms with Gasteiger partial charge in [-0.2, -0.15) is 0 Å². The maximum atomic E-state index is 13.8. The quantitative estimate of drug-likeness (QED) is 0.844. The fraction of sp³-hybridized carbons (Fsp3) is 0.667. The van der Waals surface area contributed by atoms with Gasteiger partial charge in [-0.25, -0.2) is 0 Å². The number of amides is 2. The lowest BCUT2D eigenvalue weighted by Crippen LogP contribution is -2.57. The van der Waals surface area contributed by atoms with Crippen LogP contribution in [0.3, 0.4) is 0 Å². The zero-order valence-electron chi connectivity index (χ0n) is 17.6. The van der Waals surface area contributed by atoms with E-state index < -0.39 is 5.54 Å². The summed E-state index contributed by atoms with van der Waals surface area (Å²) in [5, 5.41) is 10.3. The highest BCUT2D eigenvalue weighted by molar-refractivity contribution is 5.93. The number of aliphatic hydroxyl groups is 1. The molecule has 3 aliphatic rings. The maximum Gasteiger partial charge on any atom is 0.248 e. The van der Waals surface area contributed by atoms with Gasteiger partial charge in [-0.3, -0.25) is 9.59 Å². The summed E-state index contributed by atoms with van der Waals surface area (Å²) in [6.07, 6.45) is 8.31. The second-order valence-electron chi connectivity index (χ2n) is 9.34. The summed E-state index contributed by atoms with van der Waals surface area (Å²) in [5.74, 6) is 0.486. The number of carbonyl (C=O) groups excluding carboxylic acids is 2. The van der Waals surface area contributed by atoms with E-state index in [1.165, 1.54) is 12.8 Å². The van der Waals surface area contributed by atoms with E-state index in [9.17, 15) is 14.7 Å².